The van der Waals surface area contributed by atoms with Crippen molar-refractivity contribution in [2.24, 2.45) is 0 Å². The Labute approximate surface area is 128 Å². The van der Waals surface area contributed by atoms with E-state index >= 15 is 0 Å². The van der Waals surface area contributed by atoms with Crippen LogP contribution in [0.4, 0.5) is 5.69 Å². The molecule has 0 saturated carbocycles. The molecule has 5 heteroatoms. The molecule has 112 valence electrons. The molecule has 0 bridgehead atoms. The van der Waals surface area contributed by atoms with Gasteiger partial charge in [0.15, 0.2) is 5.58 Å². The van der Waals surface area contributed by atoms with Crippen molar-refractivity contribution in [1.82, 2.24) is 10.3 Å². The minimum atomic E-state index is -0.147. The van der Waals surface area contributed by atoms with Crippen LogP contribution in [0.5, 0.6) is 0 Å². The smallest absolute Gasteiger partial charge is 0.251 e. The third kappa shape index (κ3) is 2.93. The third-order valence-corrected chi connectivity index (χ3v) is 3.36. The normalized spacial score (nSPS) is 10.6. The lowest BCUT2D eigenvalue weighted by Gasteiger charge is -2.13. The van der Waals surface area contributed by atoms with E-state index in [1.54, 1.807) is 6.07 Å². The lowest BCUT2D eigenvalue weighted by molar-refractivity contribution is 0.0947. The first-order valence-corrected chi connectivity index (χ1v) is 7.03. The van der Waals surface area contributed by atoms with Crippen molar-refractivity contribution in [3.63, 3.8) is 0 Å². The Hall–Kier alpha value is -2.82. The topological polar surface area (TPSA) is 58.4 Å². The van der Waals surface area contributed by atoms with E-state index in [2.05, 4.69) is 10.3 Å². The molecule has 1 amide bonds. The zero-order valence-electron chi connectivity index (χ0n) is 12.5. The van der Waals surface area contributed by atoms with Crippen LogP contribution in [0.25, 0.3) is 11.1 Å². The maximum atomic E-state index is 12.2. The molecule has 2 aromatic carbocycles. The molecule has 1 heterocycles. The zero-order chi connectivity index (χ0) is 15.5. The van der Waals surface area contributed by atoms with Crippen LogP contribution >= 0.6 is 0 Å². The molecule has 1 N–H and O–H groups in total. The second-order valence-corrected chi connectivity index (χ2v) is 5.20. The van der Waals surface area contributed by atoms with Gasteiger partial charge >= 0.3 is 0 Å². The Bertz CT molecular complexity index is 775. The largest absolute Gasteiger partial charge is 0.439 e. The Kier molecular flexibility index (Phi) is 3.78. The molecule has 0 unspecified atom stereocenters. The fraction of sp³-hybridized carbons (Fsp3) is 0.176. The van der Waals surface area contributed by atoms with Crippen LogP contribution < -0.4 is 10.2 Å². The summed E-state index contributed by atoms with van der Waals surface area (Å²) in [5, 5.41) is 2.83. The highest BCUT2D eigenvalue weighted by Crippen LogP contribution is 2.15. The number of hydrogen-bond donors (Lipinski definition) is 1. The van der Waals surface area contributed by atoms with E-state index in [-0.39, 0.29) is 12.5 Å². The molecule has 0 aliphatic rings. The monoisotopic (exact) mass is 295 g/mol. The van der Waals surface area contributed by atoms with Crippen LogP contribution in [0.2, 0.25) is 0 Å². The average Bonchev–Trinajstić information content (AvgIpc) is 2.95. The van der Waals surface area contributed by atoms with E-state index in [0.717, 1.165) is 16.8 Å². The number of nitrogens with one attached hydrogen (secondary N) is 1. The lowest BCUT2D eigenvalue weighted by atomic mass is 10.2. The van der Waals surface area contributed by atoms with Crippen molar-refractivity contribution in [3.8, 4) is 0 Å². The first kappa shape index (κ1) is 14.1. The summed E-state index contributed by atoms with van der Waals surface area (Å²) in [4.78, 5) is 18.5. The van der Waals surface area contributed by atoms with E-state index < -0.39 is 0 Å². The predicted octanol–water partition coefficient (Wildman–Crippen LogP) is 2.82. The number of nitrogens with zero attached hydrogens (tertiary/aromatic N) is 2. The number of carbonyl (C=O) groups excluding carboxylic acids is 1. The van der Waals surface area contributed by atoms with Crippen molar-refractivity contribution < 1.29 is 9.21 Å². The first-order valence-electron chi connectivity index (χ1n) is 7.03. The SMILES string of the molecule is CN(C)c1cccc(C(=O)NCc2nc3ccccc3o2)c1. The lowest BCUT2D eigenvalue weighted by Crippen LogP contribution is -2.23. The molecule has 0 saturated heterocycles. The number of para-hydroxylation sites is 2. The Morgan fingerprint density at radius 2 is 2.00 bits per heavy atom. The summed E-state index contributed by atoms with van der Waals surface area (Å²) in [7, 11) is 3.88. The summed E-state index contributed by atoms with van der Waals surface area (Å²) < 4.78 is 5.58. The van der Waals surface area contributed by atoms with Crippen LogP contribution in [0.3, 0.4) is 0 Å². The van der Waals surface area contributed by atoms with Crippen LogP contribution in [-0.2, 0) is 6.54 Å². The van der Waals surface area contributed by atoms with Gasteiger partial charge in [-0.3, -0.25) is 4.79 Å². The number of rotatable bonds is 4. The van der Waals surface area contributed by atoms with Gasteiger partial charge in [-0.2, -0.15) is 0 Å². The van der Waals surface area contributed by atoms with Gasteiger partial charge < -0.3 is 14.6 Å². The molecule has 22 heavy (non-hydrogen) atoms. The summed E-state index contributed by atoms with van der Waals surface area (Å²) in [5.74, 6) is 0.351. The molecule has 1 aromatic heterocycles. The molecule has 3 aromatic rings. The van der Waals surface area contributed by atoms with Crippen LogP contribution in [0.15, 0.2) is 52.9 Å². The minimum Gasteiger partial charge on any atom is -0.439 e. The van der Waals surface area contributed by atoms with E-state index in [1.165, 1.54) is 0 Å². The number of aromatic nitrogens is 1. The van der Waals surface area contributed by atoms with E-state index in [1.807, 2.05) is 61.5 Å². The van der Waals surface area contributed by atoms with Gasteiger partial charge in [0.05, 0.1) is 6.54 Å². The Balaban J connectivity index is 1.70. The molecule has 0 aliphatic carbocycles. The summed E-state index contributed by atoms with van der Waals surface area (Å²) in [6.07, 6.45) is 0. The Morgan fingerprint density at radius 3 is 2.77 bits per heavy atom. The zero-order valence-corrected chi connectivity index (χ0v) is 12.5. The van der Waals surface area contributed by atoms with Crippen molar-refractivity contribution in [3.05, 3.63) is 60.0 Å². The highest BCUT2D eigenvalue weighted by atomic mass is 16.3. The molecule has 5 nitrogen and oxygen atoms in total. The number of anilines is 1. The maximum absolute atomic E-state index is 12.2. The molecular weight excluding hydrogens is 278 g/mol. The summed E-state index contributed by atoms with van der Waals surface area (Å²) in [6.45, 7) is 0.264. The molecule has 0 atom stereocenters. The molecule has 0 aliphatic heterocycles. The van der Waals surface area contributed by atoms with Crippen LogP contribution in [-0.4, -0.2) is 25.0 Å². The highest BCUT2D eigenvalue weighted by molar-refractivity contribution is 5.95. The molecule has 0 radical (unpaired) electrons. The maximum Gasteiger partial charge on any atom is 0.251 e. The number of fused-ring (bicyclic) bond motifs is 1. The summed E-state index contributed by atoms with van der Waals surface area (Å²) in [5.41, 5.74) is 3.11. The number of hydrogen-bond acceptors (Lipinski definition) is 4. The van der Waals surface area contributed by atoms with Crippen molar-refractivity contribution in [2.45, 2.75) is 6.54 Å². The first-order chi connectivity index (χ1) is 10.6. The quantitative estimate of drug-likeness (QED) is 0.804. The second kappa shape index (κ2) is 5.89. The van der Waals surface area contributed by atoms with Gasteiger partial charge in [-0.05, 0) is 30.3 Å². The predicted molar refractivity (Wildman–Crippen MR) is 85.9 cm³/mol. The van der Waals surface area contributed by atoms with E-state index in [0.29, 0.717) is 11.5 Å². The van der Waals surface area contributed by atoms with Gasteiger partial charge in [0, 0.05) is 25.3 Å². The fourth-order valence-corrected chi connectivity index (χ4v) is 2.18. The molecule has 3 rings (SSSR count). The van der Waals surface area contributed by atoms with Crippen molar-refractivity contribution >= 4 is 22.7 Å². The van der Waals surface area contributed by atoms with Gasteiger partial charge in [-0.1, -0.05) is 18.2 Å². The molecular formula is C17H17N3O2. The van der Waals surface area contributed by atoms with Crippen LogP contribution in [0, 0.1) is 0 Å². The van der Waals surface area contributed by atoms with Crippen molar-refractivity contribution in [2.75, 3.05) is 19.0 Å². The summed E-state index contributed by atoms with van der Waals surface area (Å²) >= 11 is 0. The van der Waals surface area contributed by atoms with Crippen LogP contribution in [0.1, 0.15) is 16.2 Å². The third-order valence-electron chi connectivity index (χ3n) is 3.36. The molecule has 0 spiro atoms. The average molecular weight is 295 g/mol. The van der Waals surface area contributed by atoms with Gasteiger partial charge in [0.2, 0.25) is 5.89 Å². The Morgan fingerprint density at radius 1 is 1.18 bits per heavy atom. The number of benzene rings is 2. The minimum absolute atomic E-state index is 0.147. The van der Waals surface area contributed by atoms with Gasteiger partial charge in [-0.15, -0.1) is 0 Å². The van der Waals surface area contributed by atoms with E-state index in [9.17, 15) is 4.79 Å². The molecule has 0 fully saturated rings. The number of carbonyl (C=O) groups is 1. The van der Waals surface area contributed by atoms with Crippen molar-refractivity contribution in [1.29, 1.82) is 0 Å². The fourth-order valence-electron chi connectivity index (χ4n) is 2.18. The summed E-state index contributed by atoms with van der Waals surface area (Å²) in [6, 6.07) is 15.0. The van der Waals surface area contributed by atoms with Gasteiger partial charge in [0.1, 0.15) is 5.52 Å². The van der Waals surface area contributed by atoms with Gasteiger partial charge in [0.25, 0.3) is 5.91 Å². The van der Waals surface area contributed by atoms with Gasteiger partial charge in [-0.25, -0.2) is 4.98 Å². The number of amides is 1. The number of oxazole rings is 1. The highest BCUT2D eigenvalue weighted by Gasteiger charge is 2.09. The van der Waals surface area contributed by atoms with E-state index in [4.69, 9.17) is 4.42 Å². The standard InChI is InChI=1S/C17H17N3O2/c1-20(2)13-7-5-6-12(10-13)17(21)18-11-16-19-14-8-3-4-9-15(14)22-16/h3-10H,11H2,1-2H3,(H,18,21). The second-order valence-electron chi connectivity index (χ2n) is 5.20.